The number of nitrogens with zero attached hydrogens (tertiary/aromatic N) is 4. The average molecular weight is 315 g/mol. The number of halogens is 1. The van der Waals surface area contributed by atoms with Crippen molar-refractivity contribution in [3.8, 4) is 0 Å². The number of benzene rings is 1. The van der Waals surface area contributed by atoms with Crippen molar-refractivity contribution in [1.29, 1.82) is 0 Å². The number of aromatic nitrogens is 3. The second kappa shape index (κ2) is 5.75. The van der Waals surface area contributed by atoms with E-state index in [1.54, 1.807) is 6.07 Å². The van der Waals surface area contributed by atoms with E-state index in [1.165, 1.54) is 18.5 Å². The molecule has 1 fully saturated rings. The quantitative estimate of drug-likeness (QED) is 0.764. The van der Waals surface area contributed by atoms with Crippen LogP contribution >= 0.6 is 0 Å². The Labute approximate surface area is 132 Å². The fraction of sp³-hybridized carbons (Fsp3) is 0.375. The Kier molecular flexibility index (Phi) is 3.59. The minimum Gasteiger partial charge on any atom is -0.395 e. The summed E-state index contributed by atoms with van der Waals surface area (Å²) in [7, 11) is 0. The molecule has 0 spiro atoms. The lowest BCUT2D eigenvalue weighted by molar-refractivity contribution is 0.188. The molecule has 0 unspecified atom stereocenters. The molecule has 3 aromatic rings. The first kappa shape index (κ1) is 14.3. The topological polar surface area (TPSA) is 68.3 Å². The maximum Gasteiger partial charge on any atom is 0.156 e. The number of hydrogen-bond donors (Lipinski definition) is 2. The van der Waals surface area contributed by atoms with Gasteiger partial charge in [-0.2, -0.15) is 0 Å². The fourth-order valence-corrected chi connectivity index (χ4v) is 3.22. The number of aromatic amines is 1. The van der Waals surface area contributed by atoms with Gasteiger partial charge in [0.2, 0.25) is 0 Å². The molecule has 1 aliphatic heterocycles. The molecule has 0 atom stereocenters. The predicted octanol–water partition coefficient (Wildman–Crippen LogP) is 1.36. The number of rotatable bonds is 3. The van der Waals surface area contributed by atoms with E-state index in [9.17, 15) is 4.39 Å². The predicted molar refractivity (Wildman–Crippen MR) is 87.1 cm³/mol. The van der Waals surface area contributed by atoms with E-state index in [1.807, 2.05) is 0 Å². The summed E-state index contributed by atoms with van der Waals surface area (Å²) in [5.41, 5.74) is 2.47. The number of fused-ring (bicyclic) bond motifs is 3. The van der Waals surface area contributed by atoms with Gasteiger partial charge in [0.15, 0.2) is 5.82 Å². The highest BCUT2D eigenvalue weighted by atomic mass is 19.1. The number of H-pyrrole nitrogens is 1. The highest BCUT2D eigenvalue weighted by Gasteiger charge is 2.21. The number of aliphatic hydroxyl groups excluding tert-OH is 1. The molecular formula is C16H18FN5O. The molecule has 2 N–H and O–H groups in total. The Morgan fingerprint density at radius 2 is 2.00 bits per heavy atom. The van der Waals surface area contributed by atoms with Gasteiger partial charge in [0, 0.05) is 43.6 Å². The van der Waals surface area contributed by atoms with Gasteiger partial charge in [0.1, 0.15) is 23.2 Å². The normalized spacial score (nSPS) is 16.5. The Bertz CT molecular complexity index is 841. The average Bonchev–Trinajstić information content (AvgIpc) is 2.94. The van der Waals surface area contributed by atoms with Crippen LogP contribution in [0.2, 0.25) is 0 Å². The maximum absolute atomic E-state index is 13.5. The lowest BCUT2D eigenvalue weighted by Gasteiger charge is -2.35. The minimum absolute atomic E-state index is 0.186. The summed E-state index contributed by atoms with van der Waals surface area (Å²) in [5, 5.41) is 9.81. The van der Waals surface area contributed by atoms with Crippen molar-refractivity contribution in [3.63, 3.8) is 0 Å². The van der Waals surface area contributed by atoms with E-state index in [4.69, 9.17) is 5.11 Å². The summed E-state index contributed by atoms with van der Waals surface area (Å²) in [4.78, 5) is 16.5. The zero-order valence-corrected chi connectivity index (χ0v) is 12.7. The van der Waals surface area contributed by atoms with E-state index in [2.05, 4.69) is 24.8 Å². The summed E-state index contributed by atoms with van der Waals surface area (Å²) in [6, 6.07) is 4.68. The summed E-state index contributed by atoms with van der Waals surface area (Å²) < 4.78 is 13.5. The van der Waals surface area contributed by atoms with Gasteiger partial charge >= 0.3 is 0 Å². The number of anilines is 1. The second-order valence-corrected chi connectivity index (χ2v) is 5.79. The van der Waals surface area contributed by atoms with Gasteiger partial charge in [0.05, 0.1) is 6.61 Å². The van der Waals surface area contributed by atoms with Crippen LogP contribution in [0.1, 0.15) is 0 Å². The summed E-state index contributed by atoms with van der Waals surface area (Å²) in [6.45, 7) is 4.36. The first-order chi connectivity index (χ1) is 11.3. The van der Waals surface area contributed by atoms with Gasteiger partial charge in [0.25, 0.3) is 0 Å². The Balaban J connectivity index is 1.72. The monoisotopic (exact) mass is 315 g/mol. The largest absolute Gasteiger partial charge is 0.395 e. The fourth-order valence-electron chi connectivity index (χ4n) is 3.22. The third kappa shape index (κ3) is 2.51. The molecule has 7 heteroatoms. The maximum atomic E-state index is 13.5. The van der Waals surface area contributed by atoms with Gasteiger partial charge < -0.3 is 15.0 Å². The molecule has 0 amide bonds. The third-order valence-electron chi connectivity index (χ3n) is 4.41. The highest BCUT2D eigenvalue weighted by Crippen LogP contribution is 2.29. The molecule has 1 saturated heterocycles. The minimum atomic E-state index is -0.267. The van der Waals surface area contributed by atoms with Crippen molar-refractivity contribution in [2.45, 2.75) is 0 Å². The molecule has 6 nitrogen and oxygen atoms in total. The lowest BCUT2D eigenvalue weighted by atomic mass is 10.2. The molecule has 1 aromatic carbocycles. The van der Waals surface area contributed by atoms with Gasteiger partial charge in [-0.05, 0) is 18.2 Å². The smallest absolute Gasteiger partial charge is 0.156 e. The lowest BCUT2D eigenvalue weighted by Crippen LogP contribution is -2.47. The summed E-state index contributed by atoms with van der Waals surface area (Å²) >= 11 is 0. The van der Waals surface area contributed by atoms with Crippen molar-refractivity contribution in [3.05, 3.63) is 30.3 Å². The van der Waals surface area contributed by atoms with Gasteiger partial charge in [-0.15, -0.1) is 0 Å². The molecule has 0 radical (unpaired) electrons. The standard InChI is InChI=1S/C16H18FN5O/c17-11-1-2-13-12(9-11)14-15(20-13)16(19-10-18-14)22-5-3-21(4-6-22)7-8-23/h1-2,9-10,20,23H,3-8H2. The van der Waals surface area contributed by atoms with Crippen LogP contribution in [0.3, 0.4) is 0 Å². The van der Waals surface area contributed by atoms with Crippen molar-refractivity contribution in [1.82, 2.24) is 19.9 Å². The number of nitrogens with one attached hydrogen (secondary N) is 1. The van der Waals surface area contributed by atoms with E-state index < -0.39 is 0 Å². The third-order valence-corrected chi connectivity index (χ3v) is 4.41. The van der Waals surface area contributed by atoms with E-state index >= 15 is 0 Å². The molecule has 4 rings (SSSR count). The van der Waals surface area contributed by atoms with Gasteiger partial charge in [-0.1, -0.05) is 0 Å². The first-order valence-corrected chi connectivity index (χ1v) is 7.76. The van der Waals surface area contributed by atoms with Crippen molar-refractivity contribution < 1.29 is 9.50 Å². The zero-order valence-electron chi connectivity index (χ0n) is 12.7. The van der Waals surface area contributed by atoms with Crippen molar-refractivity contribution >= 4 is 27.8 Å². The highest BCUT2D eigenvalue weighted by molar-refractivity contribution is 6.08. The molecule has 0 aliphatic carbocycles. The molecular weight excluding hydrogens is 297 g/mol. The number of hydrogen-bond acceptors (Lipinski definition) is 5. The van der Waals surface area contributed by atoms with Crippen LogP contribution in [-0.4, -0.2) is 64.3 Å². The Morgan fingerprint density at radius 1 is 1.17 bits per heavy atom. The van der Waals surface area contributed by atoms with Gasteiger partial charge in [-0.25, -0.2) is 14.4 Å². The van der Waals surface area contributed by atoms with Gasteiger partial charge in [-0.3, -0.25) is 4.90 Å². The van der Waals surface area contributed by atoms with Crippen molar-refractivity contribution in [2.75, 3.05) is 44.2 Å². The van der Waals surface area contributed by atoms with Crippen molar-refractivity contribution in [2.24, 2.45) is 0 Å². The van der Waals surface area contributed by atoms with Crippen LogP contribution in [0.5, 0.6) is 0 Å². The van der Waals surface area contributed by atoms with E-state index in [0.29, 0.717) is 6.54 Å². The Morgan fingerprint density at radius 3 is 2.78 bits per heavy atom. The van der Waals surface area contributed by atoms with Crippen LogP contribution in [0.25, 0.3) is 21.9 Å². The van der Waals surface area contributed by atoms with Crippen LogP contribution in [-0.2, 0) is 0 Å². The molecule has 23 heavy (non-hydrogen) atoms. The van der Waals surface area contributed by atoms with Crippen LogP contribution in [0.15, 0.2) is 24.5 Å². The summed E-state index contributed by atoms with van der Waals surface area (Å²) in [5.74, 6) is 0.589. The summed E-state index contributed by atoms with van der Waals surface area (Å²) in [6.07, 6.45) is 1.54. The molecule has 0 saturated carbocycles. The number of β-amino-alcohol motifs (C(OH)–C–C–N with tert-alkyl or cyclic N) is 1. The number of piperazine rings is 1. The van der Waals surface area contributed by atoms with E-state index in [0.717, 1.165) is 53.9 Å². The SMILES string of the molecule is OCCN1CCN(c2ncnc3c2[nH]c2ccc(F)cc23)CC1. The first-order valence-electron chi connectivity index (χ1n) is 7.76. The Hall–Kier alpha value is -2.25. The molecule has 3 heterocycles. The molecule has 0 bridgehead atoms. The second-order valence-electron chi connectivity index (χ2n) is 5.79. The van der Waals surface area contributed by atoms with Crippen LogP contribution in [0.4, 0.5) is 10.2 Å². The van der Waals surface area contributed by atoms with Crippen LogP contribution < -0.4 is 4.90 Å². The molecule has 2 aromatic heterocycles. The number of aliphatic hydroxyl groups is 1. The molecule has 1 aliphatic rings. The molecule has 120 valence electrons. The zero-order chi connectivity index (χ0) is 15.8. The van der Waals surface area contributed by atoms with Crippen LogP contribution in [0, 0.1) is 5.82 Å². The van der Waals surface area contributed by atoms with E-state index in [-0.39, 0.29) is 12.4 Å².